The zero-order chi connectivity index (χ0) is 9.92. The molecule has 3 rings (SSSR count). The summed E-state index contributed by atoms with van der Waals surface area (Å²) in [6.45, 7) is 1.83. The van der Waals surface area contributed by atoms with Gasteiger partial charge in [-0.2, -0.15) is 0 Å². The van der Waals surface area contributed by atoms with Crippen LogP contribution in [-0.2, 0) is 9.53 Å². The quantitative estimate of drug-likeness (QED) is 0.462. The Morgan fingerprint density at radius 2 is 2.43 bits per heavy atom. The molecule has 1 aliphatic heterocycles. The third-order valence-corrected chi connectivity index (χ3v) is 3.83. The molecular formula is C11H14O3. The van der Waals surface area contributed by atoms with E-state index < -0.39 is 5.60 Å². The van der Waals surface area contributed by atoms with Crippen LogP contribution >= 0.6 is 0 Å². The van der Waals surface area contributed by atoms with Crippen molar-refractivity contribution in [2.75, 3.05) is 0 Å². The average Bonchev–Trinajstić information content (AvgIpc) is 2.55. The number of aliphatic hydroxyl groups is 1. The van der Waals surface area contributed by atoms with Crippen LogP contribution in [0.25, 0.3) is 0 Å². The molecule has 2 aliphatic carbocycles. The van der Waals surface area contributed by atoms with Crippen molar-refractivity contribution in [2.24, 2.45) is 11.8 Å². The second-order valence-electron chi connectivity index (χ2n) is 4.82. The monoisotopic (exact) mass is 194 g/mol. The Morgan fingerprint density at radius 1 is 1.64 bits per heavy atom. The fourth-order valence-corrected chi connectivity index (χ4v) is 3.24. The molecule has 0 amide bonds. The Kier molecular flexibility index (Phi) is 1.45. The largest absolute Gasteiger partial charge is 0.461 e. The zero-order valence-electron chi connectivity index (χ0n) is 8.19. The molecule has 0 aromatic carbocycles. The first-order chi connectivity index (χ1) is 6.59. The maximum Gasteiger partial charge on any atom is 0.309 e. The van der Waals surface area contributed by atoms with E-state index in [1.165, 1.54) is 0 Å². The highest BCUT2D eigenvalue weighted by molar-refractivity contribution is 5.77. The second-order valence-corrected chi connectivity index (χ2v) is 4.82. The number of carbonyl (C=O) groups is 1. The predicted octanol–water partition coefficient (Wildman–Crippen LogP) is 1.02. The SMILES string of the molecule is C[C@]1(O)C[C@H]2OC(=O)[C@H]3CCC=C1[C@H]32. The molecule has 0 aromatic rings. The van der Waals surface area contributed by atoms with Crippen molar-refractivity contribution in [1.82, 2.24) is 0 Å². The molecule has 76 valence electrons. The van der Waals surface area contributed by atoms with Gasteiger partial charge in [-0.3, -0.25) is 4.79 Å². The molecule has 0 spiro atoms. The number of carbonyl (C=O) groups excluding carboxylic acids is 1. The van der Waals surface area contributed by atoms with E-state index in [1.807, 2.05) is 6.92 Å². The molecule has 3 heteroatoms. The van der Waals surface area contributed by atoms with Gasteiger partial charge in [-0.1, -0.05) is 6.08 Å². The van der Waals surface area contributed by atoms with Gasteiger partial charge in [-0.05, 0) is 25.3 Å². The van der Waals surface area contributed by atoms with Crippen LogP contribution in [-0.4, -0.2) is 22.8 Å². The van der Waals surface area contributed by atoms with Gasteiger partial charge >= 0.3 is 5.97 Å². The smallest absolute Gasteiger partial charge is 0.309 e. The van der Waals surface area contributed by atoms with Gasteiger partial charge in [0.1, 0.15) is 6.10 Å². The first-order valence-corrected chi connectivity index (χ1v) is 5.23. The van der Waals surface area contributed by atoms with Crippen LogP contribution in [0.2, 0.25) is 0 Å². The van der Waals surface area contributed by atoms with Crippen molar-refractivity contribution < 1.29 is 14.6 Å². The van der Waals surface area contributed by atoms with Crippen LogP contribution in [0.4, 0.5) is 0 Å². The Bertz CT molecular complexity index is 329. The Balaban J connectivity index is 2.06. The van der Waals surface area contributed by atoms with E-state index in [-0.39, 0.29) is 23.9 Å². The molecule has 0 aromatic heterocycles. The Hall–Kier alpha value is -0.830. The molecule has 0 bridgehead atoms. The summed E-state index contributed by atoms with van der Waals surface area (Å²) in [6, 6.07) is 0. The van der Waals surface area contributed by atoms with Crippen molar-refractivity contribution in [1.29, 1.82) is 0 Å². The molecule has 3 nitrogen and oxygen atoms in total. The number of ether oxygens (including phenoxy) is 1. The normalized spacial score (nSPS) is 50.0. The van der Waals surface area contributed by atoms with Gasteiger partial charge in [0.2, 0.25) is 0 Å². The van der Waals surface area contributed by atoms with Crippen molar-refractivity contribution in [3.63, 3.8) is 0 Å². The van der Waals surface area contributed by atoms with E-state index >= 15 is 0 Å². The maximum absolute atomic E-state index is 11.5. The summed E-state index contributed by atoms with van der Waals surface area (Å²) in [5, 5.41) is 10.1. The Morgan fingerprint density at radius 3 is 3.21 bits per heavy atom. The van der Waals surface area contributed by atoms with Crippen LogP contribution in [0.5, 0.6) is 0 Å². The number of hydrogen-bond acceptors (Lipinski definition) is 3. The topological polar surface area (TPSA) is 46.5 Å². The minimum atomic E-state index is -0.741. The van der Waals surface area contributed by atoms with E-state index in [9.17, 15) is 9.90 Å². The molecule has 1 saturated heterocycles. The highest BCUT2D eigenvalue weighted by atomic mass is 16.6. The van der Waals surface area contributed by atoms with Crippen LogP contribution in [0, 0.1) is 11.8 Å². The molecular weight excluding hydrogens is 180 g/mol. The highest BCUT2D eigenvalue weighted by Crippen LogP contribution is 2.52. The molecule has 0 unspecified atom stereocenters. The first kappa shape index (κ1) is 8.48. The van der Waals surface area contributed by atoms with Crippen LogP contribution < -0.4 is 0 Å². The predicted molar refractivity (Wildman–Crippen MR) is 49.4 cm³/mol. The first-order valence-electron chi connectivity index (χ1n) is 5.23. The van der Waals surface area contributed by atoms with Gasteiger partial charge in [0.15, 0.2) is 0 Å². The van der Waals surface area contributed by atoms with Gasteiger partial charge in [0, 0.05) is 12.3 Å². The molecule has 1 heterocycles. The molecule has 3 aliphatic rings. The van der Waals surface area contributed by atoms with E-state index in [4.69, 9.17) is 4.74 Å². The summed E-state index contributed by atoms with van der Waals surface area (Å²) in [5.41, 5.74) is 0.305. The summed E-state index contributed by atoms with van der Waals surface area (Å²) in [6.07, 6.45) is 4.40. The molecule has 0 radical (unpaired) electrons. The minimum Gasteiger partial charge on any atom is -0.461 e. The van der Waals surface area contributed by atoms with Crippen LogP contribution in [0.15, 0.2) is 11.6 Å². The summed E-state index contributed by atoms with van der Waals surface area (Å²) >= 11 is 0. The van der Waals surface area contributed by atoms with E-state index in [1.54, 1.807) is 0 Å². The Labute approximate surface area is 82.8 Å². The van der Waals surface area contributed by atoms with E-state index in [2.05, 4.69) is 6.08 Å². The van der Waals surface area contributed by atoms with Gasteiger partial charge in [0.05, 0.1) is 11.5 Å². The molecule has 2 fully saturated rings. The lowest BCUT2D eigenvalue weighted by molar-refractivity contribution is -0.145. The van der Waals surface area contributed by atoms with Gasteiger partial charge < -0.3 is 9.84 Å². The lowest BCUT2D eigenvalue weighted by atomic mass is 9.78. The van der Waals surface area contributed by atoms with Crippen LogP contribution in [0.1, 0.15) is 26.2 Å². The average molecular weight is 194 g/mol. The second kappa shape index (κ2) is 2.40. The number of allylic oxidation sites excluding steroid dienone is 1. The van der Waals surface area contributed by atoms with E-state index in [0.717, 1.165) is 18.4 Å². The van der Waals surface area contributed by atoms with Gasteiger partial charge in [0.25, 0.3) is 0 Å². The lowest BCUT2D eigenvalue weighted by Gasteiger charge is -2.26. The number of rotatable bonds is 0. The molecule has 1 N–H and O–H groups in total. The fourth-order valence-electron chi connectivity index (χ4n) is 3.24. The summed E-state index contributed by atoms with van der Waals surface area (Å²) in [5.74, 6) is 0.140. The van der Waals surface area contributed by atoms with Crippen molar-refractivity contribution in [2.45, 2.75) is 37.9 Å². The summed E-state index contributed by atoms with van der Waals surface area (Å²) < 4.78 is 5.30. The van der Waals surface area contributed by atoms with Gasteiger partial charge in [-0.15, -0.1) is 0 Å². The fraction of sp³-hybridized carbons (Fsp3) is 0.727. The van der Waals surface area contributed by atoms with E-state index in [0.29, 0.717) is 6.42 Å². The molecule has 14 heavy (non-hydrogen) atoms. The van der Waals surface area contributed by atoms with Crippen LogP contribution in [0.3, 0.4) is 0 Å². The number of esters is 1. The third kappa shape index (κ3) is 0.883. The van der Waals surface area contributed by atoms with Crippen molar-refractivity contribution >= 4 is 5.97 Å². The molecule has 1 saturated carbocycles. The lowest BCUT2D eigenvalue weighted by Crippen LogP contribution is -2.29. The summed E-state index contributed by atoms with van der Waals surface area (Å²) in [4.78, 5) is 11.5. The third-order valence-electron chi connectivity index (χ3n) is 3.83. The minimum absolute atomic E-state index is 0.0222. The zero-order valence-corrected chi connectivity index (χ0v) is 8.19. The summed E-state index contributed by atoms with van der Waals surface area (Å²) in [7, 11) is 0. The molecule has 4 atom stereocenters. The standard InChI is InChI=1S/C11H14O3/c1-11(13)5-8-9-6(10(12)14-8)3-2-4-7(9)11/h4,6,8-9,13H,2-3,5H2,1H3/t6-,8+,9-,11-/m0/s1. The van der Waals surface area contributed by atoms with Crippen molar-refractivity contribution in [3.05, 3.63) is 11.6 Å². The number of hydrogen-bond donors (Lipinski definition) is 1. The highest BCUT2D eigenvalue weighted by Gasteiger charge is 2.57. The van der Waals surface area contributed by atoms with Crippen molar-refractivity contribution in [3.8, 4) is 0 Å². The van der Waals surface area contributed by atoms with Gasteiger partial charge in [-0.25, -0.2) is 0 Å². The maximum atomic E-state index is 11.5.